The second kappa shape index (κ2) is 8.05. The molecule has 2 bridgehead atoms. The van der Waals surface area contributed by atoms with Crippen molar-refractivity contribution in [1.82, 2.24) is 4.90 Å². The Morgan fingerprint density at radius 1 is 1.04 bits per heavy atom. The van der Waals surface area contributed by atoms with Crippen molar-refractivity contribution in [3.63, 3.8) is 0 Å². The third-order valence-corrected chi connectivity index (χ3v) is 5.62. The standard InChI is InChI=1S/C23H24FNO2/c24-19-10-8-18(9-11-19)23(26)27-22-15-20-12-13-21(16-22)25(20)14-4-7-17-5-2-1-3-6-17/h1-11,20-22H,12-16H2/b7-4+. The van der Waals surface area contributed by atoms with E-state index < -0.39 is 0 Å². The summed E-state index contributed by atoms with van der Waals surface area (Å²) in [5, 5.41) is 0. The van der Waals surface area contributed by atoms with Crippen LogP contribution >= 0.6 is 0 Å². The predicted molar refractivity (Wildman–Crippen MR) is 104 cm³/mol. The van der Waals surface area contributed by atoms with Crippen LogP contribution in [0.1, 0.15) is 41.6 Å². The van der Waals surface area contributed by atoms with Crippen molar-refractivity contribution in [1.29, 1.82) is 0 Å². The fourth-order valence-corrected chi connectivity index (χ4v) is 4.30. The average Bonchev–Trinajstić information content (AvgIpc) is 2.92. The van der Waals surface area contributed by atoms with Crippen LogP contribution in [-0.2, 0) is 4.74 Å². The Morgan fingerprint density at radius 2 is 1.70 bits per heavy atom. The molecule has 2 aromatic carbocycles. The molecule has 2 atom stereocenters. The van der Waals surface area contributed by atoms with E-state index in [1.54, 1.807) is 0 Å². The molecule has 2 saturated heterocycles. The second-order valence-corrected chi connectivity index (χ2v) is 7.40. The molecule has 0 aromatic heterocycles. The number of hydrogen-bond acceptors (Lipinski definition) is 3. The van der Waals surface area contributed by atoms with Crippen molar-refractivity contribution in [3.05, 3.63) is 77.6 Å². The average molecular weight is 365 g/mol. The highest BCUT2D eigenvalue weighted by atomic mass is 19.1. The number of ether oxygens (including phenoxy) is 1. The zero-order valence-electron chi connectivity index (χ0n) is 15.3. The summed E-state index contributed by atoms with van der Waals surface area (Å²) in [6.45, 7) is 0.933. The molecule has 2 aliphatic heterocycles. The van der Waals surface area contributed by atoms with Crippen LogP contribution in [0.2, 0.25) is 0 Å². The zero-order chi connectivity index (χ0) is 18.6. The number of hydrogen-bond donors (Lipinski definition) is 0. The Labute approximate surface area is 159 Å². The zero-order valence-corrected chi connectivity index (χ0v) is 15.3. The minimum atomic E-state index is -0.350. The number of rotatable bonds is 5. The smallest absolute Gasteiger partial charge is 0.338 e. The van der Waals surface area contributed by atoms with Crippen molar-refractivity contribution < 1.29 is 13.9 Å². The van der Waals surface area contributed by atoms with Crippen molar-refractivity contribution in [2.24, 2.45) is 0 Å². The van der Waals surface area contributed by atoms with E-state index in [0.717, 1.165) is 32.2 Å². The van der Waals surface area contributed by atoms with Crippen LogP contribution in [-0.4, -0.2) is 35.6 Å². The molecule has 0 spiro atoms. The predicted octanol–water partition coefficient (Wildman–Crippen LogP) is 4.69. The van der Waals surface area contributed by atoms with Gasteiger partial charge >= 0.3 is 5.97 Å². The lowest BCUT2D eigenvalue weighted by atomic mass is 9.99. The topological polar surface area (TPSA) is 29.5 Å². The first-order chi connectivity index (χ1) is 13.2. The van der Waals surface area contributed by atoms with E-state index in [1.807, 2.05) is 18.2 Å². The maximum Gasteiger partial charge on any atom is 0.338 e. The second-order valence-electron chi connectivity index (χ2n) is 7.40. The number of fused-ring (bicyclic) bond motifs is 2. The van der Waals surface area contributed by atoms with E-state index in [-0.39, 0.29) is 17.9 Å². The van der Waals surface area contributed by atoms with Gasteiger partial charge in [-0.2, -0.15) is 0 Å². The summed E-state index contributed by atoms with van der Waals surface area (Å²) in [6.07, 6.45) is 8.43. The summed E-state index contributed by atoms with van der Waals surface area (Å²) in [5.41, 5.74) is 1.63. The van der Waals surface area contributed by atoms with Crippen LogP contribution in [0.5, 0.6) is 0 Å². The van der Waals surface area contributed by atoms with Gasteiger partial charge in [0.2, 0.25) is 0 Å². The van der Waals surface area contributed by atoms with E-state index in [9.17, 15) is 9.18 Å². The monoisotopic (exact) mass is 365 g/mol. The summed E-state index contributed by atoms with van der Waals surface area (Å²) >= 11 is 0. The molecule has 4 heteroatoms. The molecule has 4 rings (SSSR count). The molecule has 0 saturated carbocycles. The van der Waals surface area contributed by atoms with Gasteiger partial charge in [0.05, 0.1) is 5.56 Å². The summed E-state index contributed by atoms with van der Waals surface area (Å²) in [6, 6.07) is 16.8. The first kappa shape index (κ1) is 17.9. The molecule has 140 valence electrons. The number of esters is 1. The molecule has 0 aliphatic carbocycles. The third kappa shape index (κ3) is 4.28. The van der Waals surface area contributed by atoms with Gasteiger partial charge in [0.25, 0.3) is 0 Å². The van der Waals surface area contributed by atoms with Gasteiger partial charge < -0.3 is 4.74 Å². The first-order valence-electron chi connectivity index (χ1n) is 9.63. The van der Waals surface area contributed by atoms with E-state index >= 15 is 0 Å². The van der Waals surface area contributed by atoms with Gasteiger partial charge in [-0.1, -0.05) is 42.5 Å². The van der Waals surface area contributed by atoms with Crippen LogP contribution in [0.25, 0.3) is 6.08 Å². The van der Waals surface area contributed by atoms with E-state index in [1.165, 1.54) is 29.8 Å². The quantitative estimate of drug-likeness (QED) is 0.720. The lowest BCUT2D eigenvalue weighted by Gasteiger charge is -2.37. The lowest BCUT2D eigenvalue weighted by molar-refractivity contribution is -0.00342. The minimum Gasteiger partial charge on any atom is -0.459 e. The molecule has 2 fully saturated rings. The molecular formula is C23H24FNO2. The van der Waals surface area contributed by atoms with Gasteiger partial charge in [-0.3, -0.25) is 4.90 Å². The van der Waals surface area contributed by atoms with Crippen LogP contribution in [0.15, 0.2) is 60.7 Å². The summed E-state index contributed by atoms with van der Waals surface area (Å²) < 4.78 is 18.7. The molecule has 27 heavy (non-hydrogen) atoms. The van der Waals surface area contributed by atoms with Crippen molar-refractivity contribution in [2.45, 2.75) is 43.9 Å². The first-order valence-corrected chi connectivity index (χ1v) is 9.63. The fourth-order valence-electron chi connectivity index (χ4n) is 4.30. The molecule has 0 amide bonds. The number of piperidine rings is 1. The normalized spacial score (nSPS) is 25.0. The molecular weight excluding hydrogens is 341 g/mol. The molecule has 3 nitrogen and oxygen atoms in total. The number of benzene rings is 2. The van der Waals surface area contributed by atoms with Gasteiger partial charge in [-0.15, -0.1) is 0 Å². The molecule has 2 heterocycles. The minimum absolute atomic E-state index is 0.0468. The molecule has 0 N–H and O–H groups in total. The van der Waals surface area contributed by atoms with Crippen LogP contribution in [0.4, 0.5) is 4.39 Å². The summed E-state index contributed by atoms with van der Waals surface area (Å²) in [7, 11) is 0. The van der Waals surface area contributed by atoms with Crippen molar-refractivity contribution in [3.8, 4) is 0 Å². The highest BCUT2D eigenvalue weighted by Crippen LogP contribution is 2.37. The largest absolute Gasteiger partial charge is 0.459 e. The fraction of sp³-hybridized carbons (Fsp3) is 0.348. The van der Waals surface area contributed by atoms with Gasteiger partial charge in [0, 0.05) is 31.5 Å². The number of halogens is 1. The Hall–Kier alpha value is -2.46. The maximum absolute atomic E-state index is 13.0. The van der Waals surface area contributed by atoms with Gasteiger partial charge in [0.15, 0.2) is 0 Å². The summed E-state index contributed by atoms with van der Waals surface area (Å²) in [4.78, 5) is 14.8. The van der Waals surface area contributed by atoms with Crippen LogP contribution in [0, 0.1) is 5.82 Å². The molecule has 2 aromatic rings. The Kier molecular flexibility index (Phi) is 5.35. The molecule has 2 aliphatic rings. The van der Waals surface area contributed by atoms with Crippen molar-refractivity contribution >= 4 is 12.0 Å². The van der Waals surface area contributed by atoms with Gasteiger partial charge in [-0.25, -0.2) is 9.18 Å². The maximum atomic E-state index is 13.0. The number of nitrogens with zero attached hydrogens (tertiary/aromatic N) is 1. The van der Waals surface area contributed by atoms with Crippen molar-refractivity contribution in [2.75, 3.05) is 6.54 Å². The molecule has 2 unspecified atom stereocenters. The van der Waals surface area contributed by atoms with Crippen LogP contribution in [0.3, 0.4) is 0 Å². The highest BCUT2D eigenvalue weighted by Gasteiger charge is 2.41. The Morgan fingerprint density at radius 3 is 2.37 bits per heavy atom. The number of carbonyl (C=O) groups is 1. The third-order valence-electron chi connectivity index (χ3n) is 5.62. The molecule has 0 radical (unpaired) electrons. The van der Waals surface area contributed by atoms with E-state index in [2.05, 4.69) is 29.2 Å². The van der Waals surface area contributed by atoms with Gasteiger partial charge in [0.1, 0.15) is 11.9 Å². The SMILES string of the molecule is O=C(OC1CC2CCC(C1)N2C/C=C/c1ccccc1)c1ccc(F)cc1. The Balaban J connectivity index is 1.32. The Bertz CT molecular complexity index is 789. The lowest BCUT2D eigenvalue weighted by Crippen LogP contribution is -2.45. The van der Waals surface area contributed by atoms with Crippen LogP contribution < -0.4 is 0 Å². The van der Waals surface area contributed by atoms with E-state index in [4.69, 9.17) is 4.74 Å². The highest BCUT2D eigenvalue weighted by molar-refractivity contribution is 5.89. The van der Waals surface area contributed by atoms with Gasteiger partial charge in [-0.05, 0) is 42.7 Å². The van der Waals surface area contributed by atoms with E-state index in [0.29, 0.717) is 17.6 Å². The number of carbonyl (C=O) groups excluding carboxylic acids is 1. The summed E-state index contributed by atoms with van der Waals surface area (Å²) in [5.74, 6) is -0.696.